The zero-order valence-corrected chi connectivity index (χ0v) is 14.4. The van der Waals surface area contributed by atoms with Gasteiger partial charge in [-0.2, -0.15) is 0 Å². The molecule has 0 bridgehead atoms. The Balaban J connectivity index is 1.94. The first-order valence-electron chi connectivity index (χ1n) is 7.36. The van der Waals surface area contributed by atoms with Crippen molar-refractivity contribution in [2.75, 3.05) is 31.2 Å². The lowest BCUT2D eigenvalue weighted by Crippen LogP contribution is -2.30. The number of nitrogens with zero attached hydrogens (tertiary/aromatic N) is 1. The van der Waals surface area contributed by atoms with Crippen molar-refractivity contribution in [1.82, 2.24) is 4.90 Å². The van der Waals surface area contributed by atoms with E-state index in [2.05, 4.69) is 4.72 Å². The molecule has 128 valence electrons. The molecule has 24 heavy (non-hydrogen) atoms. The van der Waals surface area contributed by atoms with E-state index in [0.717, 1.165) is 12.0 Å². The molecule has 2 rings (SSSR count). The number of rotatable bonds is 7. The summed E-state index contributed by atoms with van der Waals surface area (Å²) in [6.45, 7) is 0.783. The third kappa shape index (κ3) is 5.58. The van der Waals surface area contributed by atoms with Gasteiger partial charge in [-0.25, -0.2) is 8.42 Å². The normalized spacial score (nSPS) is 10.9. The van der Waals surface area contributed by atoms with Gasteiger partial charge in [0, 0.05) is 18.3 Å². The predicted octanol–water partition coefficient (Wildman–Crippen LogP) is 2.21. The fourth-order valence-electron chi connectivity index (χ4n) is 2.07. The van der Waals surface area contributed by atoms with Crippen molar-refractivity contribution in [3.05, 3.63) is 60.2 Å². The fourth-order valence-corrected chi connectivity index (χ4v) is 2.62. The van der Waals surface area contributed by atoms with Gasteiger partial charge in [0.05, 0.1) is 12.8 Å². The summed E-state index contributed by atoms with van der Waals surface area (Å²) >= 11 is 0. The van der Waals surface area contributed by atoms with Crippen molar-refractivity contribution in [2.45, 2.75) is 0 Å². The van der Waals surface area contributed by atoms with Crippen LogP contribution in [0.3, 0.4) is 0 Å². The van der Waals surface area contributed by atoms with Gasteiger partial charge in [0.15, 0.2) is 0 Å². The third-order valence-electron chi connectivity index (χ3n) is 3.20. The van der Waals surface area contributed by atoms with Gasteiger partial charge in [-0.3, -0.25) is 9.52 Å². The Kier molecular flexibility index (Phi) is 5.81. The Bertz CT molecular complexity index is 791. The molecule has 2 aromatic rings. The second-order valence-electron chi connectivity index (χ2n) is 5.34. The van der Waals surface area contributed by atoms with Crippen molar-refractivity contribution in [3.63, 3.8) is 0 Å². The molecule has 0 aliphatic heterocycles. The first kappa shape index (κ1) is 17.8. The first-order valence-corrected chi connectivity index (χ1v) is 9.25. The van der Waals surface area contributed by atoms with Crippen LogP contribution >= 0.6 is 0 Å². The Hall–Kier alpha value is -2.54. The van der Waals surface area contributed by atoms with E-state index in [0.29, 0.717) is 24.4 Å². The van der Waals surface area contributed by atoms with E-state index in [1.165, 1.54) is 11.0 Å². The minimum Gasteiger partial charge on any atom is -0.492 e. The smallest absolute Gasteiger partial charge is 0.253 e. The molecule has 0 radical (unpaired) electrons. The van der Waals surface area contributed by atoms with Gasteiger partial charge in [-0.1, -0.05) is 24.3 Å². The van der Waals surface area contributed by atoms with Crippen LogP contribution in [0.15, 0.2) is 54.6 Å². The number of ether oxygens (including phenoxy) is 1. The van der Waals surface area contributed by atoms with Crippen LogP contribution in [0.2, 0.25) is 0 Å². The Labute approximate surface area is 142 Å². The highest BCUT2D eigenvalue weighted by Gasteiger charge is 2.13. The average molecular weight is 348 g/mol. The number of nitrogens with one attached hydrogen (secondary N) is 1. The van der Waals surface area contributed by atoms with E-state index in [1.807, 2.05) is 30.3 Å². The van der Waals surface area contributed by atoms with Crippen LogP contribution in [0.25, 0.3) is 0 Å². The average Bonchev–Trinajstić information content (AvgIpc) is 2.53. The standard InChI is InChI=1S/C17H20N2O4S/c1-19(11-12-23-16-9-4-3-5-10-16)17(20)14-7-6-8-15(13-14)18-24(2,21)22/h3-10,13,18H,11-12H2,1-2H3. The number of benzene rings is 2. The molecule has 0 saturated heterocycles. The summed E-state index contributed by atoms with van der Waals surface area (Å²) in [6.07, 6.45) is 1.06. The second-order valence-corrected chi connectivity index (χ2v) is 7.09. The van der Waals surface area contributed by atoms with Crippen molar-refractivity contribution < 1.29 is 17.9 Å². The highest BCUT2D eigenvalue weighted by molar-refractivity contribution is 7.92. The van der Waals surface area contributed by atoms with Crippen molar-refractivity contribution >= 4 is 21.6 Å². The molecule has 2 aromatic carbocycles. The number of para-hydroxylation sites is 1. The largest absolute Gasteiger partial charge is 0.492 e. The number of carbonyl (C=O) groups excluding carboxylic acids is 1. The summed E-state index contributed by atoms with van der Waals surface area (Å²) < 4.78 is 30.5. The fraction of sp³-hybridized carbons (Fsp3) is 0.235. The summed E-state index contributed by atoms with van der Waals surface area (Å²) in [5.74, 6) is 0.543. The molecule has 0 fully saturated rings. The summed E-state index contributed by atoms with van der Waals surface area (Å²) in [5.41, 5.74) is 0.767. The molecule has 0 spiro atoms. The molecule has 0 aliphatic carbocycles. The van der Waals surface area contributed by atoms with E-state index in [1.54, 1.807) is 25.2 Å². The minimum atomic E-state index is -3.38. The van der Waals surface area contributed by atoms with E-state index in [9.17, 15) is 13.2 Å². The number of hydrogen-bond donors (Lipinski definition) is 1. The van der Waals surface area contributed by atoms with Crippen molar-refractivity contribution in [3.8, 4) is 5.75 Å². The van der Waals surface area contributed by atoms with Crippen LogP contribution in [0.4, 0.5) is 5.69 Å². The molecule has 0 atom stereocenters. The molecule has 7 heteroatoms. The summed E-state index contributed by atoms with van der Waals surface area (Å²) in [6, 6.07) is 15.7. The van der Waals surface area contributed by atoms with Crippen LogP contribution in [-0.4, -0.2) is 45.7 Å². The summed E-state index contributed by atoms with van der Waals surface area (Å²) in [5, 5.41) is 0. The zero-order valence-electron chi connectivity index (χ0n) is 13.6. The van der Waals surface area contributed by atoms with Gasteiger partial charge >= 0.3 is 0 Å². The Morgan fingerprint density at radius 2 is 1.83 bits per heavy atom. The van der Waals surface area contributed by atoms with Crippen molar-refractivity contribution in [2.24, 2.45) is 0 Å². The molecular weight excluding hydrogens is 328 g/mol. The lowest BCUT2D eigenvalue weighted by molar-refractivity contribution is 0.0774. The number of hydrogen-bond acceptors (Lipinski definition) is 4. The van der Waals surface area contributed by atoms with Gasteiger partial charge in [-0.05, 0) is 30.3 Å². The van der Waals surface area contributed by atoms with Crippen molar-refractivity contribution in [1.29, 1.82) is 0 Å². The van der Waals surface area contributed by atoms with Gasteiger partial charge in [0.1, 0.15) is 12.4 Å². The molecule has 1 amide bonds. The van der Waals surface area contributed by atoms with Gasteiger partial charge in [0.2, 0.25) is 10.0 Å². The number of amides is 1. The lowest BCUT2D eigenvalue weighted by Gasteiger charge is -2.18. The Morgan fingerprint density at radius 3 is 2.50 bits per heavy atom. The van der Waals surface area contributed by atoms with Crippen LogP contribution in [-0.2, 0) is 10.0 Å². The molecule has 6 nitrogen and oxygen atoms in total. The predicted molar refractivity (Wildman–Crippen MR) is 93.8 cm³/mol. The molecule has 1 N–H and O–H groups in total. The minimum absolute atomic E-state index is 0.205. The zero-order chi connectivity index (χ0) is 17.6. The highest BCUT2D eigenvalue weighted by Crippen LogP contribution is 2.14. The van der Waals surface area contributed by atoms with E-state index in [4.69, 9.17) is 4.74 Å². The van der Waals surface area contributed by atoms with Crippen LogP contribution in [0.1, 0.15) is 10.4 Å². The number of likely N-dealkylation sites (N-methyl/N-ethyl adjacent to an activating group) is 1. The molecule has 0 saturated carbocycles. The summed E-state index contributed by atoms with van der Waals surface area (Å²) in [7, 11) is -1.71. The first-order chi connectivity index (χ1) is 11.3. The highest BCUT2D eigenvalue weighted by atomic mass is 32.2. The molecule has 0 aliphatic rings. The monoisotopic (exact) mass is 348 g/mol. The molecule has 0 unspecified atom stereocenters. The van der Waals surface area contributed by atoms with Gasteiger partial charge < -0.3 is 9.64 Å². The van der Waals surface area contributed by atoms with Crippen LogP contribution < -0.4 is 9.46 Å². The maximum absolute atomic E-state index is 12.4. The Morgan fingerprint density at radius 1 is 1.12 bits per heavy atom. The van der Waals surface area contributed by atoms with E-state index < -0.39 is 10.0 Å². The number of anilines is 1. The third-order valence-corrected chi connectivity index (χ3v) is 3.80. The molecular formula is C17H20N2O4S. The molecule has 0 heterocycles. The summed E-state index contributed by atoms with van der Waals surface area (Å²) in [4.78, 5) is 13.9. The van der Waals surface area contributed by atoms with E-state index in [-0.39, 0.29) is 5.91 Å². The molecule has 0 aromatic heterocycles. The van der Waals surface area contributed by atoms with Crippen LogP contribution in [0, 0.1) is 0 Å². The van der Waals surface area contributed by atoms with Crippen LogP contribution in [0.5, 0.6) is 5.75 Å². The quantitative estimate of drug-likeness (QED) is 0.832. The van der Waals surface area contributed by atoms with Gasteiger partial charge in [-0.15, -0.1) is 0 Å². The number of carbonyl (C=O) groups is 1. The topological polar surface area (TPSA) is 75.7 Å². The van der Waals surface area contributed by atoms with E-state index >= 15 is 0 Å². The number of sulfonamides is 1. The maximum atomic E-state index is 12.4. The lowest BCUT2D eigenvalue weighted by atomic mass is 10.2. The van der Waals surface area contributed by atoms with Gasteiger partial charge in [0.25, 0.3) is 5.91 Å². The second kappa shape index (κ2) is 7.83. The maximum Gasteiger partial charge on any atom is 0.253 e. The SMILES string of the molecule is CN(CCOc1ccccc1)C(=O)c1cccc(NS(C)(=O)=O)c1.